The molecule has 1 aromatic carbocycles. The molecule has 0 N–H and O–H groups in total. The van der Waals surface area contributed by atoms with Crippen molar-refractivity contribution in [2.45, 2.75) is 45.7 Å². The topological polar surface area (TPSA) is 36.4 Å². The molecule has 0 spiro atoms. The molecule has 150 valence electrons. The molecule has 5 heteroatoms. The summed E-state index contributed by atoms with van der Waals surface area (Å²) in [6.07, 6.45) is 3.91. The van der Waals surface area contributed by atoms with Gasteiger partial charge in [0.25, 0.3) is 0 Å². The number of rotatable bonds is 6. The van der Waals surface area contributed by atoms with Gasteiger partial charge < -0.3 is 4.90 Å². The largest absolute Gasteiger partial charge is 0.341 e. The summed E-state index contributed by atoms with van der Waals surface area (Å²) in [5.74, 6) is 0.439. The van der Waals surface area contributed by atoms with Crippen LogP contribution in [0.3, 0.4) is 0 Å². The molecular weight excluding hydrogens is 353 g/mol. The second-order valence-electron chi connectivity index (χ2n) is 7.92. The smallest absolute Gasteiger partial charge is 0.223 e. The number of hydrogen-bond donors (Lipinski definition) is 0. The Kier molecular flexibility index (Phi) is 7.15. The van der Waals surface area contributed by atoms with Gasteiger partial charge in [-0.05, 0) is 48.6 Å². The van der Waals surface area contributed by atoms with E-state index >= 15 is 0 Å². The van der Waals surface area contributed by atoms with E-state index in [2.05, 4.69) is 23.7 Å². The number of carbonyl (C=O) groups is 1. The van der Waals surface area contributed by atoms with E-state index in [0.29, 0.717) is 24.8 Å². The lowest BCUT2D eigenvalue weighted by atomic mass is 10.0. The van der Waals surface area contributed by atoms with Gasteiger partial charge in [0.2, 0.25) is 5.91 Å². The Labute approximate surface area is 167 Å². The average molecular weight is 384 g/mol. The molecule has 1 saturated heterocycles. The van der Waals surface area contributed by atoms with Crippen molar-refractivity contribution < 1.29 is 9.18 Å². The Morgan fingerprint density at radius 1 is 1.18 bits per heavy atom. The molecule has 0 saturated carbocycles. The summed E-state index contributed by atoms with van der Waals surface area (Å²) < 4.78 is 13.2. The van der Waals surface area contributed by atoms with Crippen LogP contribution in [0.25, 0.3) is 0 Å². The third kappa shape index (κ3) is 5.61. The second kappa shape index (κ2) is 9.78. The summed E-state index contributed by atoms with van der Waals surface area (Å²) in [5, 5.41) is 0. The molecule has 4 nitrogen and oxygen atoms in total. The van der Waals surface area contributed by atoms with E-state index in [4.69, 9.17) is 0 Å². The van der Waals surface area contributed by atoms with Gasteiger partial charge in [-0.25, -0.2) is 4.39 Å². The standard InChI is InChI=1S/C23H30FN3O/c1-18(2)22-17-27(23(28)12-11-21-6-3-4-13-25-21)15-5-14-26(22)16-19-7-9-20(24)10-8-19/h3-4,6-10,13,18,22H,5,11-12,14-17H2,1-2H3/t22-/m0/s1. The highest BCUT2D eigenvalue weighted by molar-refractivity contribution is 5.76. The monoisotopic (exact) mass is 383 g/mol. The van der Waals surface area contributed by atoms with E-state index in [0.717, 1.165) is 43.9 Å². The van der Waals surface area contributed by atoms with Crippen LogP contribution in [0.15, 0.2) is 48.7 Å². The van der Waals surface area contributed by atoms with Gasteiger partial charge >= 0.3 is 0 Å². The number of hydrogen-bond acceptors (Lipinski definition) is 3. The molecule has 28 heavy (non-hydrogen) atoms. The quantitative estimate of drug-likeness (QED) is 0.759. The highest BCUT2D eigenvalue weighted by Crippen LogP contribution is 2.21. The summed E-state index contributed by atoms with van der Waals surface area (Å²) in [7, 11) is 0. The fraction of sp³-hybridized carbons (Fsp3) is 0.478. The lowest BCUT2D eigenvalue weighted by molar-refractivity contribution is -0.131. The number of pyridine rings is 1. The summed E-state index contributed by atoms with van der Waals surface area (Å²) in [6.45, 7) is 7.71. The number of halogens is 1. The van der Waals surface area contributed by atoms with E-state index < -0.39 is 0 Å². The van der Waals surface area contributed by atoms with Crippen LogP contribution in [0.4, 0.5) is 4.39 Å². The van der Waals surface area contributed by atoms with Crippen LogP contribution >= 0.6 is 0 Å². The molecule has 1 atom stereocenters. The van der Waals surface area contributed by atoms with E-state index in [9.17, 15) is 9.18 Å². The van der Waals surface area contributed by atoms with Gasteiger partial charge in [-0.15, -0.1) is 0 Å². The molecule has 0 aliphatic carbocycles. The Balaban J connectivity index is 1.62. The third-order valence-corrected chi connectivity index (χ3v) is 5.49. The van der Waals surface area contributed by atoms with E-state index in [1.165, 1.54) is 12.1 Å². The number of aryl methyl sites for hydroxylation is 1. The number of benzene rings is 1. The molecule has 0 unspecified atom stereocenters. The van der Waals surface area contributed by atoms with Crippen molar-refractivity contribution in [2.75, 3.05) is 19.6 Å². The minimum absolute atomic E-state index is 0.204. The first-order chi connectivity index (χ1) is 13.5. The molecule has 0 bridgehead atoms. The number of aromatic nitrogens is 1. The molecular formula is C23H30FN3O. The molecule has 1 aromatic heterocycles. The number of carbonyl (C=O) groups excluding carboxylic acids is 1. The lowest BCUT2D eigenvalue weighted by Gasteiger charge is -2.34. The van der Waals surface area contributed by atoms with Crippen molar-refractivity contribution >= 4 is 5.91 Å². The van der Waals surface area contributed by atoms with Gasteiger partial charge in [-0.3, -0.25) is 14.7 Å². The summed E-state index contributed by atoms with van der Waals surface area (Å²) in [4.78, 5) is 21.6. The molecule has 2 aromatic rings. The molecule has 1 aliphatic heterocycles. The van der Waals surface area contributed by atoms with Crippen molar-refractivity contribution in [3.63, 3.8) is 0 Å². The molecule has 1 amide bonds. The van der Waals surface area contributed by atoms with Crippen molar-refractivity contribution in [2.24, 2.45) is 5.92 Å². The van der Waals surface area contributed by atoms with Crippen LogP contribution in [0.2, 0.25) is 0 Å². The maximum absolute atomic E-state index is 13.2. The fourth-order valence-corrected chi connectivity index (χ4v) is 3.88. The first-order valence-corrected chi connectivity index (χ1v) is 10.2. The fourth-order valence-electron chi connectivity index (χ4n) is 3.88. The highest BCUT2D eigenvalue weighted by atomic mass is 19.1. The second-order valence-corrected chi connectivity index (χ2v) is 7.92. The van der Waals surface area contributed by atoms with Crippen molar-refractivity contribution in [1.82, 2.24) is 14.8 Å². The Hall–Kier alpha value is -2.27. The Bertz CT molecular complexity index is 748. The highest BCUT2D eigenvalue weighted by Gasteiger charge is 2.29. The van der Waals surface area contributed by atoms with Crippen LogP contribution in [-0.2, 0) is 17.8 Å². The minimum atomic E-state index is -0.204. The maximum Gasteiger partial charge on any atom is 0.223 e. The van der Waals surface area contributed by atoms with Crippen LogP contribution in [0, 0.1) is 11.7 Å². The van der Waals surface area contributed by atoms with Crippen LogP contribution < -0.4 is 0 Å². The van der Waals surface area contributed by atoms with Gasteiger partial charge in [0.15, 0.2) is 0 Å². The van der Waals surface area contributed by atoms with Crippen LogP contribution in [0.5, 0.6) is 0 Å². The van der Waals surface area contributed by atoms with Gasteiger partial charge in [-0.1, -0.05) is 32.0 Å². The molecule has 2 heterocycles. The molecule has 0 radical (unpaired) electrons. The van der Waals surface area contributed by atoms with Crippen LogP contribution in [-0.4, -0.2) is 46.4 Å². The van der Waals surface area contributed by atoms with Gasteiger partial charge in [-0.2, -0.15) is 0 Å². The van der Waals surface area contributed by atoms with E-state index in [1.807, 2.05) is 35.2 Å². The predicted octanol–water partition coefficient (Wildman–Crippen LogP) is 3.91. The molecule has 1 fully saturated rings. The zero-order chi connectivity index (χ0) is 19.9. The molecule has 3 rings (SSSR count). The van der Waals surface area contributed by atoms with Crippen LogP contribution in [0.1, 0.15) is 37.9 Å². The van der Waals surface area contributed by atoms with E-state index in [-0.39, 0.29) is 11.7 Å². The van der Waals surface area contributed by atoms with Gasteiger partial charge in [0, 0.05) is 50.5 Å². The normalized spacial score (nSPS) is 18.3. The third-order valence-electron chi connectivity index (χ3n) is 5.49. The van der Waals surface area contributed by atoms with Gasteiger partial charge in [0.05, 0.1) is 0 Å². The Morgan fingerprint density at radius 3 is 2.64 bits per heavy atom. The van der Waals surface area contributed by atoms with E-state index in [1.54, 1.807) is 6.20 Å². The van der Waals surface area contributed by atoms with Crippen molar-refractivity contribution in [3.8, 4) is 0 Å². The van der Waals surface area contributed by atoms with Crippen molar-refractivity contribution in [3.05, 3.63) is 65.7 Å². The molecule has 1 aliphatic rings. The first kappa shape index (κ1) is 20.5. The average Bonchev–Trinajstić information content (AvgIpc) is 2.91. The zero-order valence-corrected chi connectivity index (χ0v) is 16.9. The minimum Gasteiger partial charge on any atom is -0.341 e. The first-order valence-electron chi connectivity index (χ1n) is 10.2. The summed E-state index contributed by atoms with van der Waals surface area (Å²) in [6, 6.07) is 12.9. The zero-order valence-electron chi connectivity index (χ0n) is 16.9. The summed E-state index contributed by atoms with van der Waals surface area (Å²) >= 11 is 0. The van der Waals surface area contributed by atoms with Crippen molar-refractivity contribution in [1.29, 1.82) is 0 Å². The maximum atomic E-state index is 13.2. The number of amides is 1. The predicted molar refractivity (Wildman–Crippen MR) is 109 cm³/mol. The Morgan fingerprint density at radius 2 is 1.96 bits per heavy atom. The lowest BCUT2D eigenvalue weighted by Crippen LogP contribution is -2.45. The summed E-state index contributed by atoms with van der Waals surface area (Å²) in [5.41, 5.74) is 2.07. The van der Waals surface area contributed by atoms with Gasteiger partial charge in [0.1, 0.15) is 5.82 Å². The number of nitrogens with zero attached hydrogens (tertiary/aromatic N) is 3. The SMILES string of the molecule is CC(C)[C@@H]1CN(C(=O)CCc2ccccn2)CCCN1Cc1ccc(F)cc1.